The van der Waals surface area contributed by atoms with Gasteiger partial charge in [-0.25, -0.2) is 0 Å². The van der Waals surface area contributed by atoms with E-state index in [0.717, 1.165) is 11.3 Å². The maximum Gasteiger partial charge on any atom is 0.256 e. The molecular formula is C15H18N2O3S. The van der Waals surface area contributed by atoms with Crippen molar-refractivity contribution >= 4 is 23.2 Å². The Balaban J connectivity index is 2.44. The molecule has 112 valence electrons. The SMILES string of the molecule is CCOC1=C(C)C(=O)NC(=S)NC1c1ccc(OC)cc1. The quantitative estimate of drug-likeness (QED) is 0.834. The van der Waals surface area contributed by atoms with Gasteiger partial charge in [0.05, 0.1) is 19.3 Å². The second-order valence-corrected chi connectivity index (χ2v) is 4.96. The lowest BCUT2D eigenvalue weighted by molar-refractivity contribution is -0.116. The highest BCUT2D eigenvalue weighted by atomic mass is 32.1. The van der Waals surface area contributed by atoms with Crippen LogP contribution in [0.25, 0.3) is 0 Å². The summed E-state index contributed by atoms with van der Waals surface area (Å²) in [5.74, 6) is 1.11. The topological polar surface area (TPSA) is 59.6 Å². The molecule has 1 aromatic rings. The van der Waals surface area contributed by atoms with Crippen LogP contribution in [0.3, 0.4) is 0 Å². The Kier molecular flexibility index (Phi) is 4.80. The molecule has 0 spiro atoms. The van der Waals surface area contributed by atoms with E-state index in [1.165, 1.54) is 0 Å². The first-order valence-corrected chi connectivity index (χ1v) is 7.07. The van der Waals surface area contributed by atoms with Crippen LogP contribution in [0.4, 0.5) is 0 Å². The first-order valence-electron chi connectivity index (χ1n) is 6.66. The van der Waals surface area contributed by atoms with Crippen LogP contribution < -0.4 is 15.4 Å². The fourth-order valence-corrected chi connectivity index (χ4v) is 2.35. The number of thiocarbonyl (C=S) groups is 1. The van der Waals surface area contributed by atoms with Crippen molar-refractivity contribution < 1.29 is 14.3 Å². The van der Waals surface area contributed by atoms with Crippen molar-refractivity contribution in [3.63, 3.8) is 0 Å². The predicted molar refractivity (Wildman–Crippen MR) is 83.9 cm³/mol. The van der Waals surface area contributed by atoms with Gasteiger partial charge in [-0.2, -0.15) is 0 Å². The van der Waals surface area contributed by atoms with E-state index in [2.05, 4.69) is 10.6 Å². The van der Waals surface area contributed by atoms with Gasteiger partial charge in [0.15, 0.2) is 5.11 Å². The molecule has 0 fully saturated rings. The van der Waals surface area contributed by atoms with Gasteiger partial charge in [0, 0.05) is 0 Å². The largest absolute Gasteiger partial charge is 0.497 e. The first kappa shape index (κ1) is 15.3. The van der Waals surface area contributed by atoms with Gasteiger partial charge < -0.3 is 14.8 Å². The van der Waals surface area contributed by atoms with E-state index in [4.69, 9.17) is 21.7 Å². The van der Waals surface area contributed by atoms with E-state index in [1.807, 2.05) is 31.2 Å². The van der Waals surface area contributed by atoms with Crippen LogP contribution in [0.1, 0.15) is 25.5 Å². The summed E-state index contributed by atoms with van der Waals surface area (Å²) in [6, 6.07) is 7.25. The molecule has 0 aromatic heterocycles. The van der Waals surface area contributed by atoms with Crippen molar-refractivity contribution in [2.45, 2.75) is 19.9 Å². The summed E-state index contributed by atoms with van der Waals surface area (Å²) in [6.07, 6.45) is 0. The number of carbonyl (C=O) groups excluding carboxylic acids is 1. The van der Waals surface area contributed by atoms with Gasteiger partial charge in [0.1, 0.15) is 17.6 Å². The van der Waals surface area contributed by atoms with Gasteiger partial charge in [-0.05, 0) is 43.8 Å². The maximum absolute atomic E-state index is 12.0. The van der Waals surface area contributed by atoms with E-state index in [1.54, 1.807) is 14.0 Å². The Labute approximate surface area is 129 Å². The molecule has 0 aliphatic carbocycles. The second-order valence-electron chi connectivity index (χ2n) is 4.56. The van der Waals surface area contributed by atoms with E-state index in [0.29, 0.717) is 17.9 Å². The monoisotopic (exact) mass is 306 g/mol. The van der Waals surface area contributed by atoms with Gasteiger partial charge in [0.25, 0.3) is 5.91 Å². The molecule has 2 N–H and O–H groups in total. The van der Waals surface area contributed by atoms with Crippen LogP contribution in [0.2, 0.25) is 0 Å². The molecule has 1 aliphatic heterocycles. The number of ether oxygens (including phenoxy) is 2. The minimum atomic E-state index is -0.303. The van der Waals surface area contributed by atoms with Crippen LogP contribution in [0.15, 0.2) is 35.6 Å². The van der Waals surface area contributed by atoms with E-state index >= 15 is 0 Å². The van der Waals surface area contributed by atoms with E-state index < -0.39 is 0 Å². The Morgan fingerprint density at radius 3 is 2.52 bits per heavy atom. The summed E-state index contributed by atoms with van der Waals surface area (Å²) < 4.78 is 10.8. The lowest BCUT2D eigenvalue weighted by Crippen LogP contribution is -2.38. The van der Waals surface area contributed by atoms with Crippen LogP contribution in [-0.2, 0) is 9.53 Å². The lowest BCUT2D eigenvalue weighted by Gasteiger charge is -2.22. The molecule has 21 heavy (non-hydrogen) atoms. The highest BCUT2D eigenvalue weighted by molar-refractivity contribution is 7.80. The first-order chi connectivity index (χ1) is 10.1. The molecule has 5 nitrogen and oxygen atoms in total. The maximum atomic E-state index is 12.0. The van der Waals surface area contributed by atoms with Crippen LogP contribution in [0.5, 0.6) is 5.75 Å². The highest BCUT2D eigenvalue weighted by Gasteiger charge is 2.28. The lowest BCUT2D eigenvalue weighted by atomic mass is 10.0. The zero-order valence-electron chi connectivity index (χ0n) is 12.2. The number of nitrogens with one attached hydrogen (secondary N) is 2. The average molecular weight is 306 g/mol. The third-order valence-electron chi connectivity index (χ3n) is 3.22. The molecule has 1 unspecified atom stereocenters. The number of rotatable bonds is 4. The third kappa shape index (κ3) is 3.33. The highest BCUT2D eigenvalue weighted by Crippen LogP contribution is 2.28. The predicted octanol–water partition coefficient (Wildman–Crippen LogP) is 2.05. The van der Waals surface area contributed by atoms with Gasteiger partial charge >= 0.3 is 0 Å². The van der Waals surface area contributed by atoms with Crippen molar-refractivity contribution in [3.05, 3.63) is 41.2 Å². The molecule has 0 saturated carbocycles. The summed E-state index contributed by atoms with van der Waals surface area (Å²) in [4.78, 5) is 12.0. The minimum absolute atomic E-state index is 0.244. The number of benzene rings is 1. The Bertz CT molecular complexity index is 581. The number of carbonyl (C=O) groups is 1. The molecule has 1 aromatic carbocycles. The van der Waals surface area contributed by atoms with Crippen molar-refractivity contribution in [1.82, 2.24) is 10.6 Å². The fraction of sp³-hybridized carbons (Fsp3) is 0.333. The van der Waals surface area contributed by atoms with E-state index in [-0.39, 0.29) is 17.1 Å². The molecule has 0 bridgehead atoms. The number of methoxy groups -OCH3 is 1. The third-order valence-corrected chi connectivity index (χ3v) is 3.44. The molecule has 1 aliphatic rings. The Morgan fingerprint density at radius 1 is 1.29 bits per heavy atom. The Morgan fingerprint density at radius 2 is 1.95 bits per heavy atom. The van der Waals surface area contributed by atoms with Crippen molar-refractivity contribution in [2.75, 3.05) is 13.7 Å². The second kappa shape index (κ2) is 6.58. The van der Waals surface area contributed by atoms with Gasteiger partial charge in [-0.3, -0.25) is 10.1 Å². The molecule has 1 heterocycles. The van der Waals surface area contributed by atoms with Crippen molar-refractivity contribution in [3.8, 4) is 5.75 Å². The van der Waals surface area contributed by atoms with Gasteiger partial charge in [-0.15, -0.1) is 0 Å². The minimum Gasteiger partial charge on any atom is -0.497 e. The normalized spacial score (nSPS) is 18.7. The zero-order valence-corrected chi connectivity index (χ0v) is 13.0. The van der Waals surface area contributed by atoms with Gasteiger partial charge in [0.2, 0.25) is 0 Å². The van der Waals surface area contributed by atoms with Crippen molar-refractivity contribution in [1.29, 1.82) is 0 Å². The summed E-state index contributed by atoms with van der Waals surface area (Å²) in [7, 11) is 1.62. The summed E-state index contributed by atoms with van der Waals surface area (Å²) in [5, 5.41) is 6.01. The number of amides is 1. The molecule has 6 heteroatoms. The molecule has 1 amide bonds. The van der Waals surface area contributed by atoms with E-state index in [9.17, 15) is 4.79 Å². The molecular weight excluding hydrogens is 288 g/mol. The average Bonchev–Trinajstić information content (AvgIpc) is 2.59. The fourth-order valence-electron chi connectivity index (χ4n) is 2.14. The summed E-state index contributed by atoms with van der Waals surface area (Å²) in [5.41, 5.74) is 1.46. The summed E-state index contributed by atoms with van der Waals surface area (Å²) in [6.45, 7) is 4.08. The molecule has 0 saturated heterocycles. The number of hydrogen-bond donors (Lipinski definition) is 2. The van der Waals surface area contributed by atoms with Crippen molar-refractivity contribution in [2.24, 2.45) is 0 Å². The smallest absolute Gasteiger partial charge is 0.256 e. The summed E-state index contributed by atoms with van der Waals surface area (Å²) >= 11 is 5.14. The van der Waals surface area contributed by atoms with Gasteiger partial charge in [-0.1, -0.05) is 12.1 Å². The number of hydrogen-bond acceptors (Lipinski definition) is 4. The molecule has 0 radical (unpaired) electrons. The molecule has 1 atom stereocenters. The molecule has 2 rings (SSSR count). The Hall–Kier alpha value is -2.08. The standard InChI is InChI=1S/C15H18N2O3S/c1-4-20-13-9(2)14(18)17-15(21)16-12(13)10-5-7-11(19-3)8-6-10/h5-8,12H,4H2,1-3H3,(H2,16,17,18,21). The zero-order chi connectivity index (χ0) is 15.4. The van der Waals surface area contributed by atoms with Crippen LogP contribution in [0, 0.1) is 0 Å². The van der Waals surface area contributed by atoms with Crippen LogP contribution in [-0.4, -0.2) is 24.7 Å². The van der Waals surface area contributed by atoms with Crippen LogP contribution >= 0.6 is 12.2 Å².